The van der Waals surface area contributed by atoms with E-state index in [0.717, 1.165) is 25.2 Å². The fraction of sp³-hybridized carbons (Fsp3) is 0.583. The van der Waals surface area contributed by atoms with Gasteiger partial charge in [0.2, 0.25) is 11.8 Å². The first-order chi connectivity index (χ1) is 16.1. The van der Waals surface area contributed by atoms with Crippen molar-refractivity contribution in [3.05, 3.63) is 29.3 Å². The number of imide groups is 1. The third-order valence-corrected chi connectivity index (χ3v) is 6.20. The van der Waals surface area contributed by atoms with E-state index in [2.05, 4.69) is 10.2 Å². The molecule has 3 aliphatic rings. The van der Waals surface area contributed by atoms with Gasteiger partial charge in [0.05, 0.1) is 0 Å². The van der Waals surface area contributed by atoms with Gasteiger partial charge in [0.25, 0.3) is 5.91 Å². The highest BCUT2D eigenvalue weighted by Gasteiger charge is 2.39. The molecular weight excluding hydrogens is 440 g/mol. The number of carbonyl (C=O) groups is 4. The van der Waals surface area contributed by atoms with Crippen LogP contribution in [0.1, 0.15) is 49.5 Å². The van der Waals surface area contributed by atoms with Crippen LogP contribution < -0.4 is 10.1 Å². The maximum absolute atomic E-state index is 12.8. The Labute approximate surface area is 199 Å². The molecule has 0 bridgehead atoms. The molecule has 0 aliphatic carbocycles. The van der Waals surface area contributed by atoms with Crippen molar-refractivity contribution in [1.29, 1.82) is 0 Å². The largest absolute Gasteiger partial charge is 0.492 e. The molecule has 3 heterocycles. The van der Waals surface area contributed by atoms with Gasteiger partial charge in [-0.05, 0) is 51.0 Å². The van der Waals surface area contributed by atoms with Gasteiger partial charge in [-0.1, -0.05) is 0 Å². The lowest BCUT2D eigenvalue weighted by atomic mass is 10.0. The quantitative estimate of drug-likeness (QED) is 0.645. The number of hydrogen-bond acceptors (Lipinski definition) is 7. The Hall–Kier alpha value is -3.14. The lowest BCUT2D eigenvalue weighted by Gasteiger charge is -2.35. The van der Waals surface area contributed by atoms with E-state index < -0.39 is 17.6 Å². The maximum Gasteiger partial charge on any atom is 0.410 e. The molecule has 2 fully saturated rings. The summed E-state index contributed by atoms with van der Waals surface area (Å²) in [5.41, 5.74) is 0.884. The fourth-order valence-electron chi connectivity index (χ4n) is 4.41. The zero-order chi connectivity index (χ0) is 24.5. The highest BCUT2D eigenvalue weighted by atomic mass is 16.6. The molecule has 10 nitrogen and oxygen atoms in total. The van der Waals surface area contributed by atoms with Crippen LogP contribution in [0.25, 0.3) is 0 Å². The molecule has 0 spiro atoms. The Morgan fingerprint density at radius 2 is 1.85 bits per heavy atom. The van der Waals surface area contributed by atoms with E-state index in [4.69, 9.17) is 9.47 Å². The van der Waals surface area contributed by atoms with Gasteiger partial charge >= 0.3 is 6.09 Å². The fourth-order valence-corrected chi connectivity index (χ4v) is 4.41. The van der Waals surface area contributed by atoms with E-state index in [-0.39, 0.29) is 24.3 Å². The summed E-state index contributed by atoms with van der Waals surface area (Å²) in [4.78, 5) is 54.1. The molecule has 184 valence electrons. The summed E-state index contributed by atoms with van der Waals surface area (Å²) in [5, 5.41) is 2.31. The van der Waals surface area contributed by atoms with E-state index in [1.807, 2.05) is 26.8 Å². The molecular formula is C24H32N4O6. The van der Waals surface area contributed by atoms with Gasteiger partial charge < -0.3 is 19.3 Å². The van der Waals surface area contributed by atoms with Gasteiger partial charge in [0.15, 0.2) is 0 Å². The molecule has 4 amide bonds. The number of benzene rings is 1. The lowest BCUT2D eigenvalue weighted by molar-refractivity contribution is -0.136. The van der Waals surface area contributed by atoms with Gasteiger partial charge in [-0.25, -0.2) is 4.79 Å². The summed E-state index contributed by atoms with van der Waals surface area (Å²) in [6.45, 7) is 9.85. The van der Waals surface area contributed by atoms with Crippen LogP contribution in [0.5, 0.6) is 5.75 Å². The number of carbonyl (C=O) groups excluding carboxylic acids is 4. The predicted molar refractivity (Wildman–Crippen MR) is 122 cm³/mol. The van der Waals surface area contributed by atoms with Crippen LogP contribution in [0, 0.1) is 0 Å². The molecule has 2 saturated heterocycles. The van der Waals surface area contributed by atoms with E-state index in [9.17, 15) is 19.2 Å². The van der Waals surface area contributed by atoms with Crippen molar-refractivity contribution in [2.75, 3.05) is 39.3 Å². The second kappa shape index (κ2) is 9.61. The molecule has 1 unspecified atom stereocenters. The zero-order valence-corrected chi connectivity index (χ0v) is 20.0. The van der Waals surface area contributed by atoms with Crippen molar-refractivity contribution >= 4 is 23.8 Å². The van der Waals surface area contributed by atoms with Gasteiger partial charge in [-0.3, -0.25) is 24.6 Å². The Kier molecular flexibility index (Phi) is 6.79. The summed E-state index contributed by atoms with van der Waals surface area (Å²) < 4.78 is 11.4. The number of amides is 4. The number of ether oxygens (including phenoxy) is 2. The summed E-state index contributed by atoms with van der Waals surface area (Å²) in [6.07, 6.45) is 0.300. The van der Waals surface area contributed by atoms with Crippen LogP contribution >= 0.6 is 0 Å². The third-order valence-electron chi connectivity index (χ3n) is 6.20. The molecule has 3 aliphatic heterocycles. The van der Waals surface area contributed by atoms with Crippen LogP contribution in [0.2, 0.25) is 0 Å². The molecule has 10 heteroatoms. The summed E-state index contributed by atoms with van der Waals surface area (Å²) in [6, 6.07) is 4.73. The third kappa shape index (κ3) is 5.49. The number of hydrogen-bond donors (Lipinski definition) is 1. The van der Waals surface area contributed by atoms with Crippen LogP contribution in [0.3, 0.4) is 0 Å². The molecule has 1 atom stereocenters. The summed E-state index contributed by atoms with van der Waals surface area (Å²) in [7, 11) is 0. The van der Waals surface area contributed by atoms with Gasteiger partial charge in [0.1, 0.15) is 24.0 Å². The predicted octanol–water partition coefficient (Wildman–Crippen LogP) is 1.38. The Balaban J connectivity index is 1.24. The molecule has 1 aromatic carbocycles. The van der Waals surface area contributed by atoms with Gasteiger partial charge in [0, 0.05) is 51.3 Å². The first-order valence-corrected chi connectivity index (χ1v) is 11.7. The first kappa shape index (κ1) is 24.0. The van der Waals surface area contributed by atoms with Crippen molar-refractivity contribution in [3.8, 4) is 5.75 Å². The van der Waals surface area contributed by atoms with Crippen LogP contribution in [0.4, 0.5) is 4.79 Å². The van der Waals surface area contributed by atoms with Crippen molar-refractivity contribution in [2.45, 2.75) is 51.8 Å². The summed E-state index contributed by atoms with van der Waals surface area (Å²) >= 11 is 0. The Morgan fingerprint density at radius 3 is 2.53 bits per heavy atom. The minimum Gasteiger partial charge on any atom is -0.492 e. The minimum absolute atomic E-state index is 0.195. The number of piperazine rings is 1. The lowest BCUT2D eigenvalue weighted by Crippen LogP contribution is -2.52. The normalized spacial score (nSPS) is 21.4. The SMILES string of the molecule is CC(C)(C)OC(=O)N1CCN(CCOc2ccc3c(c2)CN(C2CCC(=O)NC2=O)C3=O)CC1. The molecule has 0 radical (unpaired) electrons. The van der Waals surface area contributed by atoms with E-state index in [1.165, 1.54) is 4.90 Å². The second-order valence-corrected chi connectivity index (χ2v) is 9.88. The number of piperidine rings is 1. The van der Waals surface area contributed by atoms with Crippen molar-refractivity contribution in [2.24, 2.45) is 0 Å². The minimum atomic E-state index is -0.624. The number of nitrogens with zero attached hydrogens (tertiary/aromatic N) is 3. The Bertz CT molecular complexity index is 980. The van der Waals surface area contributed by atoms with Gasteiger partial charge in [-0.15, -0.1) is 0 Å². The molecule has 4 rings (SSSR count). The van der Waals surface area contributed by atoms with Crippen LogP contribution in [-0.4, -0.2) is 89.5 Å². The highest BCUT2D eigenvalue weighted by molar-refractivity contribution is 6.05. The molecule has 1 aromatic rings. The monoisotopic (exact) mass is 472 g/mol. The first-order valence-electron chi connectivity index (χ1n) is 11.7. The standard InChI is InChI=1S/C24H32N4O6/c1-24(2,3)34-23(32)27-10-8-26(9-11-27)12-13-33-17-4-5-18-16(14-17)15-28(22(18)31)19-6-7-20(29)25-21(19)30/h4-5,14,19H,6-13,15H2,1-3H3,(H,25,29,30). The maximum atomic E-state index is 12.8. The summed E-state index contributed by atoms with van der Waals surface area (Å²) in [5.74, 6) is -0.240. The van der Waals surface area contributed by atoms with E-state index in [1.54, 1.807) is 17.0 Å². The zero-order valence-electron chi connectivity index (χ0n) is 20.0. The molecule has 1 N–H and O–H groups in total. The smallest absolute Gasteiger partial charge is 0.410 e. The molecule has 0 aromatic heterocycles. The van der Waals surface area contributed by atoms with Crippen LogP contribution in [0.15, 0.2) is 18.2 Å². The topological polar surface area (TPSA) is 108 Å². The van der Waals surface area contributed by atoms with E-state index >= 15 is 0 Å². The average molecular weight is 473 g/mol. The number of rotatable bonds is 5. The van der Waals surface area contributed by atoms with Crippen LogP contribution in [-0.2, 0) is 20.9 Å². The second-order valence-electron chi connectivity index (χ2n) is 9.88. The Morgan fingerprint density at radius 1 is 1.12 bits per heavy atom. The molecule has 0 saturated carbocycles. The average Bonchev–Trinajstić information content (AvgIpc) is 3.08. The number of fused-ring (bicyclic) bond motifs is 1. The van der Waals surface area contributed by atoms with Crippen molar-refractivity contribution in [1.82, 2.24) is 20.0 Å². The molecule has 34 heavy (non-hydrogen) atoms. The van der Waals surface area contributed by atoms with Gasteiger partial charge in [-0.2, -0.15) is 0 Å². The van der Waals surface area contributed by atoms with Crippen molar-refractivity contribution < 1.29 is 28.7 Å². The highest BCUT2D eigenvalue weighted by Crippen LogP contribution is 2.30. The van der Waals surface area contributed by atoms with Crippen molar-refractivity contribution in [3.63, 3.8) is 0 Å². The van der Waals surface area contributed by atoms with E-state index in [0.29, 0.717) is 44.0 Å². The number of nitrogens with one attached hydrogen (secondary N) is 1.